The van der Waals surface area contributed by atoms with Crippen molar-refractivity contribution in [3.05, 3.63) is 0 Å². The van der Waals surface area contributed by atoms with Crippen molar-refractivity contribution in [1.82, 2.24) is 0 Å². The third-order valence-electron chi connectivity index (χ3n) is 1.08. The van der Waals surface area contributed by atoms with Crippen LogP contribution in [0.5, 0.6) is 0 Å². The first-order chi connectivity index (χ1) is 4.54. The molecule has 5 nitrogen and oxygen atoms in total. The Morgan fingerprint density at radius 2 is 1.80 bits per heavy atom. The zero-order valence-corrected chi connectivity index (χ0v) is 5.91. The maximum atomic E-state index is 8.66. The fourth-order valence-electron chi connectivity index (χ4n) is 0.432. The molecule has 5 heteroatoms. The standard InChI is InChI=1S/C5H13N3O2/c1-5(2-9,3-10)8-4(6)7/h9-10H,2-3H2,1H3,(H4,6,7,8). The number of nitrogens with zero attached hydrogens (tertiary/aromatic N) is 1. The van der Waals surface area contributed by atoms with Gasteiger partial charge in [0, 0.05) is 0 Å². The normalized spacial score (nSPS) is 11.1. The summed E-state index contributed by atoms with van der Waals surface area (Å²) in [6.07, 6.45) is 0. The molecule has 0 atom stereocenters. The Bertz CT molecular complexity index is 127. The van der Waals surface area contributed by atoms with Crippen molar-refractivity contribution in [3.63, 3.8) is 0 Å². The number of aliphatic hydroxyl groups is 2. The molecule has 0 bridgehead atoms. The molecule has 0 aromatic carbocycles. The van der Waals surface area contributed by atoms with Gasteiger partial charge in [0.25, 0.3) is 0 Å². The molecule has 0 rings (SSSR count). The van der Waals surface area contributed by atoms with Crippen LogP contribution >= 0.6 is 0 Å². The maximum absolute atomic E-state index is 8.66. The van der Waals surface area contributed by atoms with E-state index in [1.807, 2.05) is 0 Å². The molecular weight excluding hydrogens is 134 g/mol. The molecule has 0 aliphatic heterocycles. The lowest BCUT2D eigenvalue weighted by atomic mass is 10.1. The summed E-state index contributed by atoms with van der Waals surface area (Å²) in [6, 6.07) is 0. The Balaban J connectivity index is 4.20. The average Bonchev–Trinajstić information content (AvgIpc) is 1.87. The molecule has 0 saturated heterocycles. The van der Waals surface area contributed by atoms with E-state index in [1.165, 1.54) is 0 Å². The Hall–Kier alpha value is -0.810. The molecule has 0 spiro atoms. The number of rotatable bonds is 3. The van der Waals surface area contributed by atoms with Crippen LogP contribution in [0.3, 0.4) is 0 Å². The van der Waals surface area contributed by atoms with Crippen LogP contribution in [-0.2, 0) is 0 Å². The van der Waals surface area contributed by atoms with E-state index in [1.54, 1.807) is 6.92 Å². The van der Waals surface area contributed by atoms with Crippen LogP contribution in [0.2, 0.25) is 0 Å². The van der Waals surface area contributed by atoms with E-state index in [-0.39, 0.29) is 19.2 Å². The third-order valence-corrected chi connectivity index (χ3v) is 1.08. The first-order valence-corrected chi connectivity index (χ1v) is 2.86. The highest BCUT2D eigenvalue weighted by Crippen LogP contribution is 2.05. The molecule has 0 unspecified atom stereocenters. The third kappa shape index (κ3) is 2.65. The van der Waals surface area contributed by atoms with Gasteiger partial charge in [-0.15, -0.1) is 0 Å². The monoisotopic (exact) mass is 147 g/mol. The van der Waals surface area contributed by atoms with Gasteiger partial charge in [0.05, 0.1) is 13.2 Å². The first kappa shape index (κ1) is 9.19. The van der Waals surface area contributed by atoms with Gasteiger partial charge in [-0.25, -0.2) is 4.99 Å². The summed E-state index contributed by atoms with van der Waals surface area (Å²) < 4.78 is 0. The molecule has 0 aliphatic rings. The molecule has 0 aromatic heterocycles. The van der Waals surface area contributed by atoms with Crippen molar-refractivity contribution in [2.45, 2.75) is 12.5 Å². The predicted molar refractivity (Wildman–Crippen MR) is 38.4 cm³/mol. The molecular formula is C5H13N3O2. The quantitative estimate of drug-likeness (QED) is 0.274. The fraction of sp³-hybridized carbons (Fsp3) is 0.800. The van der Waals surface area contributed by atoms with Gasteiger partial charge in [0.15, 0.2) is 5.96 Å². The van der Waals surface area contributed by atoms with Crippen LogP contribution in [0, 0.1) is 0 Å². The molecule has 0 amide bonds. The van der Waals surface area contributed by atoms with Crippen molar-refractivity contribution in [1.29, 1.82) is 0 Å². The second-order valence-electron chi connectivity index (χ2n) is 2.35. The number of guanidine groups is 1. The minimum absolute atomic E-state index is 0.134. The van der Waals surface area contributed by atoms with Gasteiger partial charge in [0.2, 0.25) is 0 Å². The van der Waals surface area contributed by atoms with E-state index >= 15 is 0 Å². The number of aliphatic imine (C=N–C) groups is 1. The summed E-state index contributed by atoms with van der Waals surface area (Å²) in [5.74, 6) is -0.134. The summed E-state index contributed by atoms with van der Waals surface area (Å²) in [6.45, 7) is 0.996. The molecule has 0 heterocycles. The van der Waals surface area contributed by atoms with E-state index in [2.05, 4.69) is 4.99 Å². The van der Waals surface area contributed by atoms with Gasteiger partial charge < -0.3 is 21.7 Å². The highest BCUT2D eigenvalue weighted by Gasteiger charge is 2.20. The minimum Gasteiger partial charge on any atom is -0.394 e. The summed E-state index contributed by atoms with van der Waals surface area (Å²) in [5, 5.41) is 17.3. The Labute approximate surface area is 59.4 Å². The van der Waals surface area contributed by atoms with E-state index in [0.29, 0.717) is 0 Å². The lowest BCUT2D eigenvalue weighted by Gasteiger charge is -2.18. The van der Waals surface area contributed by atoms with Crippen molar-refractivity contribution in [2.75, 3.05) is 13.2 Å². The average molecular weight is 147 g/mol. The zero-order chi connectivity index (χ0) is 8.20. The smallest absolute Gasteiger partial charge is 0.186 e. The second-order valence-corrected chi connectivity index (χ2v) is 2.35. The van der Waals surface area contributed by atoms with E-state index in [0.717, 1.165) is 0 Å². The Morgan fingerprint density at radius 3 is 1.90 bits per heavy atom. The largest absolute Gasteiger partial charge is 0.394 e. The van der Waals surface area contributed by atoms with Crippen molar-refractivity contribution >= 4 is 5.96 Å². The van der Waals surface area contributed by atoms with Crippen LogP contribution < -0.4 is 11.5 Å². The number of aliphatic hydroxyl groups excluding tert-OH is 2. The minimum atomic E-state index is -0.946. The zero-order valence-electron chi connectivity index (χ0n) is 5.91. The lowest BCUT2D eigenvalue weighted by molar-refractivity contribution is 0.135. The molecule has 0 fully saturated rings. The van der Waals surface area contributed by atoms with Crippen LogP contribution in [0.1, 0.15) is 6.92 Å². The SMILES string of the molecule is CC(CO)(CO)N=C(N)N. The summed E-state index contributed by atoms with van der Waals surface area (Å²) in [7, 11) is 0. The van der Waals surface area contributed by atoms with Gasteiger partial charge in [-0.1, -0.05) is 0 Å². The molecule has 0 aliphatic carbocycles. The molecule has 10 heavy (non-hydrogen) atoms. The lowest BCUT2D eigenvalue weighted by Crippen LogP contribution is -2.37. The van der Waals surface area contributed by atoms with Gasteiger partial charge in [-0.3, -0.25) is 0 Å². The van der Waals surface area contributed by atoms with E-state index in [4.69, 9.17) is 21.7 Å². The molecule has 0 radical (unpaired) electrons. The van der Waals surface area contributed by atoms with Gasteiger partial charge in [0.1, 0.15) is 5.54 Å². The molecule has 60 valence electrons. The Kier molecular flexibility index (Phi) is 3.11. The maximum Gasteiger partial charge on any atom is 0.186 e. The summed E-state index contributed by atoms with van der Waals surface area (Å²) >= 11 is 0. The predicted octanol–water partition coefficient (Wildman–Crippen LogP) is -2.00. The highest BCUT2D eigenvalue weighted by molar-refractivity contribution is 5.76. The van der Waals surface area contributed by atoms with Gasteiger partial charge in [-0.2, -0.15) is 0 Å². The molecule has 0 aromatic rings. The van der Waals surface area contributed by atoms with Crippen LogP contribution in [-0.4, -0.2) is 34.9 Å². The van der Waals surface area contributed by atoms with Crippen LogP contribution in [0.25, 0.3) is 0 Å². The second kappa shape index (κ2) is 3.38. The number of hydrogen-bond donors (Lipinski definition) is 4. The fourth-order valence-corrected chi connectivity index (χ4v) is 0.432. The summed E-state index contributed by atoms with van der Waals surface area (Å²) in [5.41, 5.74) is 9.12. The van der Waals surface area contributed by atoms with Gasteiger partial charge in [-0.05, 0) is 6.92 Å². The number of nitrogens with two attached hydrogens (primary N) is 2. The highest BCUT2D eigenvalue weighted by atomic mass is 16.3. The Morgan fingerprint density at radius 1 is 1.40 bits per heavy atom. The van der Waals surface area contributed by atoms with Crippen molar-refractivity contribution < 1.29 is 10.2 Å². The number of hydrogen-bond acceptors (Lipinski definition) is 3. The van der Waals surface area contributed by atoms with Gasteiger partial charge >= 0.3 is 0 Å². The first-order valence-electron chi connectivity index (χ1n) is 2.86. The molecule has 6 N–H and O–H groups in total. The summed E-state index contributed by atoms with van der Waals surface area (Å²) in [4.78, 5) is 3.62. The van der Waals surface area contributed by atoms with Crippen LogP contribution in [0.4, 0.5) is 0 Å². The van der Waals surface area contributed by atoms with Crippen molar-refractivity contribution in [3.8, 4) is 0 Å². The topological polar surface area (TPSA) is 105 Å². The molecule has 0 saturated carbocycles. The van der Waals surface area contributed by atoms with E-state index < -0.39 is 5.54 Å². The van der Waals surface area contributed by atoms with E-state index in [9.17, 15) is 0 Å². The van der Waals surface area contributed by atoms with Crippen LogP contribution in [0.15, 0.2) is 4.99 Å². The van der Waals surface area contributed by atoms with Crippen molar-refractivity contribution in [2.24, 2.45) is 16.5 Å².